The third-order valence-electron chi connectivity index (χ3n) is 6.16. The molecule has 0 aliphatic rings. The number of carbonyl (C=O) groups excluding carboxylic acids is 4. The summed E-state index contributed by atoms with van der Waals surface area (Å²) >= 11 is 0. The minimum atomic E-state index is -0.632. The van der Waals surface area contributed by atoms with Gasteiger partial charge in [-0.3, -0.25) is 0 Å². The number of carbonyl (C=O) groups is 4. The molecule has 0 bridgehead atoms. The number of rotatable bonds is 19. The van der Waals surface area contributed by atoms with E-state index in [4.69, 9.17) is 33.2 Å². The van der Waals surface area contributed by atoms with Crippen molar-refractivity contribution in [3.63, 3.8) is 0 Å². The van der Waals surface area contributed by atoms with Crippen LogP contribution in [-0.4, -0.2) is 57.4 Å². The summed E-state index contributed by atoms with van der Waals surface area (Å²) in [5, 5.41) is 0. The Morgan fingerprint density at radius 2 is 1.02 bits per heavy atom. The molecule has 0 N–H and O–H groups in total. The molecule has 0 spiro atoms. The third kappa shape index (κ3) is 11.8. The second-order valence-corrected chi connectivity index (χ2v) is 9.49. The highest BCUT2D eigenvalue weighted by Crippen LogP contribution is 2.30. The molecule has 3 aromatic rings. The Bertz CT molecular complexity index is 1480. The summed E-state index contributed by atoms with van der Waals surface area (Å²) in [6.45, 7) is 8.11. The van der Waals surface area contributed by atoms with Crippen LogP contribution in [0.5, 0.6) is 28.7 Å². The van der Waals surface area contributed by atoms with Crippen molar-refractivity contribution in [3.05, 3.63) is 103 Å². The molecular weight excluding hydrogens is 596 g/mol. The van der Waals surface area contributed by atoms with Crippen molar-refractivity contribution in [2.45, 2.75) is 25.7 Å². The molecule has 0 aromatic heterocycles. The van der Waals surface area contributed by atoms with Crippen LogP contribution in [0.15, 0.2) is 92.0 Å². The first-order chi connectivity index (χ1) is 22.3. The van der Waals surface area contributed by atoms with Gasteiger partial charge in [-0.25, -0.2) is 19.2 Å². The van der Waals surface area contributed by atoms with Gasteiger partial charge >= 0.3 is 23.9 Å². The van der Waals surface area contributed by atoms with Gasteiger partial charge in [-0.15, -0.1) is 0 Å². The van der Waals surface area contributed by atoms with Crippen molar-refractivity contribution in [2.75, 3.05) is 33.5 Å². The zero-order valence-corrected chi connectivity index (χ0v) is 25.6. The van der Waals surface area contributed by atoms with Crippen LogP contribution in [0.3, 0.4) is 0 Å². The van der Waals surface area contributed by atoms with Crippen molar-refractivity contribution < 1.29 is 52.3 Å². The normalized spacial score (nSPS) is 10.2. The van der Waals surface area contributed by atoms with Crippen LogP contribution in [0, 0.1) is 0 Å². The molecule has 0 saturated heterocycles. The van der Waals surface area contributed by atoms with Crippen molar-refractivity contribution in [1.82, 2.24) is 0 Å². The van der Waals surface area contributed by atoms with Gasteiger partial charge in [-0.05, 0) is 92.4 Å². The lowest BCUT2D eigenvalue weighted by molar-refractivity contribution is -0.138. The molecular formula is C35H36O11. The molecule has 0 fully saturated rings. The SMILES string of the molecule is C=CC(=O)OCCCCOc1ccc(OC(=O)c2ccc(OC(=O)c3ccc(OCCCCOC(=O)C=C)cc3)c(OC)c2)cc1. The summed E-state index contributed by atoms with van der Waals surface area (Å²) < 4.78 is 37.4. The third-order valence-corrected chi connectivity index (χ3v) is 6.16. The first-order valence-corrected chi connectivity index (χ1v) is 14.5. The maximum absolute atomic E-state index is 12.8. The molecule has 242 valence electrons. The monoisotopic (exact) mass is 632 g/mol. The van der Waals surface area contributed by atoms with Gasteiger partial charge in [0.15, 0.2) is 11.5 Å². The molecule has 46 heavy (non-hydrogen) atoms. The van der Waals surface area contributed by atoms with Gasteiger partial charge in [-0.1, -0.05) is 13.2 Å². The molecule has 3 aromatic carbocycles. The van der Waals surface area contributed by atoms with Crippen molar-refractivity contribution in [2.24, 2.45) is 0 Å². The standard InChI is InChI=1S/C35H36O11/c1-4-32(36)43-22-8-6-20-41-27-13-10-25(11-14-27)34(38)46-30-19-12-26(24-31(30)40-3)35(39)45-29-17-15-28(16-18-29)42-21-7-9-23-44-33(37)5-2/h4-5,10-19,24H,1-2,6-9,20-23H2,3H3. The largest absolute Gasteiger partial charge is 0.494 e. The van der Waals surface area contributed by atoms with Crippen LogP contribution in [0.4, 0.5) is 0 Å². The Morgan fingerprint density at radius 3 is 1.54 bits per heavy atom. The van der Waals surface area contributed by atoms with E-state index in [1.807, 2.05) is 0 Å². The van der Waals surface area contributed by atoms with Crippen molar-refractivity contribution in [3.8, 4) is 28.7 Å². The van der Waals surface area contributed by atoms with E-state index in [1.54, 1.807) is 48.5 Å². The fraction of sp³-hybridized carbons (Fsp3) is 0.257. The van der Waals surface area contributed by atoms with E-state index in [0.717, 1.165) is 12.2 Å². The van der Waals surface area contributed by atoms with Gasteiger partial charge in [0, 0.05) is 12.2 Å². The zero-order valence-electron chi connectivity index (χ0n) is 25.6. The number of methoxy groups -OCH3 is 1. The predicted molar refractivity (Wildman–Crippen MR) is 168 cm³/mol. The van der Waals surface area contributed by atoms with Gasteiger partial charge in [0.2, 0.25) is 0 Å². The molecule has 11 nitrogen and oxygen atoms in total. The lowest BCUT2D eigenvalue weighted by atomic mass is 10.2. The molecule has 11 heteroatoms. The second-order valence-electron chi connectivity index (χ2n) is 9.49. The molecule has 0 radical (unpaired) electrons. The molecule has 0 saturated carbocycles. The highest BCUT2D eigenvalue weighted by atomic mass is 16.6. The van der Waals surface area contributed by atoms with E-state index in [2.05, 4.69) is 13.2 Å². The Labute approximate surface area is 267 Å². The number of unbranched alkanes of at least 4 members (excludes halogenated alkanes) is 2. The molecule has 0 unspecified atom stereocenters. The van der Waals surface area contributed by atoms with Gasteiger partial charge in [0.25, 0.3) is 0 Å². The van der Waals surface area contributed by atoms with Gasteiger partial charge in [0.05, 0.1) is 44.7 Å². The summed E-state index contributed by atoms with van der Waals surface area (Å²) in [5.74, 6) is -0.391. The van der Waals surface area contributed by atoms with E-state index in [0.29, 0.717) is 62.8 Å². The number of ether oxygens (including phenoxy) is 7. The molecule has 0 aliphatic heterocycles. The van der Waals surface area contributed by atoms with Crippen LogP contribution in [0.2, 0.25) is 0 Å². The van der Waals surface area contributed by atoms with E-state index >= 15 is 0 Å². The lowest BCUT2D eigenvalue weighted by Crippen LogP contribution is -2.11. The van der Waals surface area contributed by atoms with Gasteiger partial charge in [0.1, 0.15) is 17.2 Å². The van der Waals surface area contributed by atoms with Crippen LogP contribution in [0.1, 0.15) is 46.4 Å². The van der Waals surface area contributed by atoms with Crippen molar-refractivity contribution >= 4 is 23.9 Å². The number of benzene rings is 3. The molecule has 0 atom stereocenters. The minimum absolute atomic E-state index is 0.127. The van der Waals surface area contributed by atoms with Crippen LogP contribution in [0.25, 0.3) is 0 Å². The molecule has 0 amide bonds. The Morgan fingerprint density at radius 1 is 0.565 bits per heavy atom. The van der Waals surface area contributed by atoms with E-state index in [1.165, 1.54) is 25.3 Å². The zero-order chi connectivity index (χ0) is 33.1. The van der Waals surface area contributed by atoms with Crippen LogP contribution < -0.4 is 23.7 Å². The second kappa shape index (κ2) is 18.9. The summed E-state index contributed by atoms with van der Waals surface area (Å²) in [7, 11) is 1.39. The number of esters is 4. The fourth-order valence-corrected chi connectivity index (χ4v) is 3.75. The van der Waals surface area contributed by atoms with Gasteiger partial charge in [-0.2, -0.15) is 0 Å². The Balaban J connectivity index is 1.45. The highest BCUT2D eigenvalue weighted by Gasteiger charge is 2.17. The summed E-state index contributed by atoms with van der Waals surface area (Å²) in [6, 6.07) is 17.3. The molecule has 0 heterocycles. The van der Waals surface area contributed by atoms with E-state index < -0.39 is 23.9 Å². The van der Waals surface area contributed by atoms with Crippen LogP contribution in [-0.2, 0) is 19.1 Å². The maximum Gasteiger partial charge on any atom is 0.343 e. The first-order valence-electron chi connectivity index (χ1n) is 14.5. The quantitative estimate of drug-likeness (QED) is 0.0676. The van der Waals surface area contributed by atoms with Gasteiger partial charge < -0.3 is 33.2 Å². The van der Waals surface area contributed by atoms with E-state index in [-0.39, 0.29) is 29.2 Å². The number of hydrogen-bond donors (Lipinski definition) is 0. The predicted octanol–water partition coefficient (Wildman–Crippen LogP) is 5.91. The van der Waals surface area contributed by atoms with E-state index in [9.17, 15) is 19.2 Å². The first kappa shape index (κ1) is 34.9. The average molecular weight is 633 g/mol. The maximum atomic E-state index is 12.8. The summed E-state index contributed by atoms with van der Waals surface area (Å²) in [4.78, 5) is 47.6. The minimum Gasteiger partial charge on any atom is -0.494 e. The number of hydrogen-bond acceptors (Lipinski definition) is 11. The molecule has 3 rings (SSSR count). The van der Waals surface area contributed by atoms with Crippen LogP contribution >= 0.6 is 0 Å². The smallest absolute Gasteiger partial charge is 0.343 e. The lowest BCUT2D eigenvalue weighted by Gasteiger charge is -2.12. The topological polar surface area (TPSA) is 133 Å². The average Bonchev–Trinajstić information content (AvgIpc) is 3.08. The summed E-state index contributed by atoms with van der Waals surface area (Å²) in [5.41, 5.74) is 0.477. The molecule has 0 aliphatic carbocycles. The fourth-order valence-electron chi connectivity index (χ4n) is 3.75. The Kier molecular flexibility index (Phi) is 14.4. The highest BCUT2D eigenvalue weighted by molar-refractivity contribution is 5.93. The van der Waals surface area contributed by atoms with Crippen molar-refractivity contribution in [1.29, 1.82) is 0 Å². The Hall–Kier alpha value is -5.58. The summed E-state index contributed by atoms with van der Waals surface area (Å²) in [6.07, 6.45) is 4.90.